The third kappa shape index (κ3) is 2.81. The maximum Gasteiger partial charge on any atom is 0.293 e. The number of hydrogen-bond acceptors (Lipinski definition) is 5. The number of rotatable bonds is 4. The minimum Gasteiger partial charge on any atom is -0.319 e. The van der Waals surface area contributed by atoms with Crippen molar-refractivity contribution in [3.05, 3.63) is 69.3 Å². The summed E-state index contributed by atoms with van der Waals surface area (Å²) >= 11 is 0. The molecule has 3 rings (SSSR count). The molecule has 0 fully saturated rings. The Morgan fingerprint density at radius 2 is 1.69 bits per heavy atom. The van der Waals surface area contributed by atoms with Gasteiger partial charge in [-0.2, -0.15) is 0 Å². The number of imide groups is 1. The molecule has 0 bridgehead atoms. The molecule has 1 aliphatic heterocycles. The molecular formula is C18H15N3O5. The van der Waals surface area contributed by atoms with Crippen LogP contribution in [0.5, 0.6) is 0 Å². The van der Waals surface area contributed by atoms with Gasteiger partial charge in [0.15, 0.2) is 0 Å². The molecule has 2 aromatic rings. The Morgan fingerprint density at radius 3 is 2.23 bits per heavy atom. The van der Waals surface area contributed by atoms with Crippen LogP contribution in [-0.4, -0.2) is 33.6 Å². The van der Waals surface area contributed by atoms with Gasteiger partial charge in [0, 0.05) is 6.07 Å². The van der Waals surface area contributed by atoms with Crippen LogP contribution in [0.4, 0.5) is 11.4 Å². The Balaban J connectivity index is 1.85. The normalized spacial score (nSPS) is 14.2. The number of carbonyl (C=O) groups is 3. The minimum absolute atomic E-state index is 0.00839. The largest absolute Gasteiger partial charge is 0.319 e. The Labute approximate surface area is 148 Å². The van der Waals surface area contributed by atoms with Crippen LogP contribution in [0.25, 0.3) is 0 Å². The lowest BCUT2D eigenvalue weighted by molar-refractivity contribution is -0.384. The summed E-state index contributed by atoms with van der Waals surface area (Å²) in [5.74, 6) is -1.82. The number of nitrogens with one attached hydrogen (secondary N) is 1. The van der Waals surface area contributed by atoms with Gasteiger partial charge in [0.25, 0.3) is 17.5 Å². The number of anilines is 1. The minimum atomic E-state index is -1.12. The van der Waals surface area contributed by atoms with Crippen molar-refractivity contribution in [1.82, 2.24) is 4.90 Å². The van der Waals surface area contributed by atoms with E-state index in [-0.39, 0.29) is 22.5 Å². The number of carbonyl (C=O) groups excluding carboxylic acids is 3. The highest BCUT2D eigenvalue weighted by Gasteiger charge is 2.40. The molecule has 0 spiro atoms. The zero-order chi connectivity index (χ0) is 19.0. The van der Waals surface area contributed by atoms with E-state index < -0.39 is 28.7 Å². The molecule has 0 radical (unpaired) electrons. The van der Waals surface area contributed by atoms with E-state index in [0.29, 0.717) is 5.56 Å². The maximum absolute atomic E-state index is 12.5. The molecule has 1 aliphatic rings. The number of nitro groups is 1. The second-order valence-corrected chi connectivity index (χ2v) is 5.97. The summed E-state index contributed by atoms with van der Waals surface area (Å²) in [5, 5.41) is 13.6. The molecule has 0 saturated carbocycles. The van der Waals surface area contributed by atoms with Crippen LogP contribution in [0.3, 0.4) is 0 Å². The standard InChI is InChI=1S/C18H15N3O5/c1-10-7-8-14(15(9-10)21(25)26)19-16(22)11(2)20-17(23)12-5-3-4-6-13(12)18(20)24/h3-9,11H,1-2H3,(H,19,22)/t11-/m1/s1. The smallest absolute Gasteiger partial charge is 0.293 e. The average molecular weight is 353 g/mol. The van der Waals surface area contributed by atoms with Crippen LogP contribution in [0.15, 0.2) is 42.5 Å². The van der Waals surface area contributed by atoms with Crippen molar-refractivity contribution in [2.24, 2.45) is 0 Å². The lowest BCUT2D eigenvalue weighted by Crippen LogP contribution is -2.45. The lowest BCUT2D eigenvalue weighted by Gasteiger charge is -2.21. The molecule has 26 heavy (non-hydrogen) atoms. The van der Waals surface area contributed by atoms with Gasteiger partial charge in [-0.3, -0.25) is 29.4 Å². The molecule has 1 heterocycles. The van der Waals surface area contributed by atoms with Crippen LogP contribution in [0.2, 0.25) is 0 Å². The van der Waals surface area contributed by atoms with E-state index >= 15 is 0 Å². The molecule has 132 valence electrons. The van der Waals surface area contributed by atoms with Crippen molar-refractivity contribution < 1.29 is 19.3 Å². The van der Waals surface area contributed by atoms with E-state index in [9.17, 15) is 24.5 Å². The third-order valence-corrected chi connectivity index (χ3v) is 4.20. The molecule has 0 unspecified atom stereocenters. The first-order valence-corrected chi connectivity index (χ1v) is 7.84. The fourth-order valence-electron chi connectivity index (χ4n) is 2.81. The van der Waals surface area contributed by atoms with Gasteiger partial charge in [0.2, 0.25) is 5.91 Å². The summed E-state index contributed by atoms with van der Waals surface area (Å²) in [6.07, 6.45) is 0. The van der Waals surface area contributed by atoms with E-state index in [0.717, 1.165) is 4.90 Å². The average Bonchev–Trinajstić information content (AvgIpc) is 2.87. The molecule has 8 nitrogen and oxygen atoms in total. The van der Waals surface area contributed by atoms with Gasteiger partial charge in [0.05, 0.1) is 16.1 Å². The summed E-state index contributed by atoms with van der Waals surface area (Å²) in [5.41, 5.74) is 0.891. The van der Waals surface area contributed by atoms with Crippen LogP contribution < -0.4 is 5.32 Å². The highest BCUT2D eigenvalue weighted by molar-refractivity contribution is 6.23. The number of aryl methyl sites for hydroxylation is 1. The number of nitrogens with zero attached hydrogens (tertiary/aromatic N) is 2. The first-order chi connectivity index (χ1) is 12.3. The van der Waals surface area contributed by atoms with Gasteiger partial charge < -0.3 is 5.32 Å². The second kappa shape index (κ2) is 6.40. The van der Waals surface area contributed by atoms with Crippen molar-refractivity contribution in [3.8, 4) is 0 Å². The van der Waals surface area contributed by atoms with E-state index in [1.165, 1.54) is 31.2 Å². The van der Waals surface area contributed by atoms with Crippen molar-refractivity contribution in [3.63, 3.8) is 0 Å². The first kappa shape index (κ1) is 17.3. The summed E-state index contributed by atoms with van der Waals surface area (Å²) < 4.78 is 0. The first-order valence-electron chi connectivity index (χ1n) is 7.84. The fourth-order valence-corrected chi connectivity index (χ4v) is 2.81. The van der Waals surface area contributed by atoms with Gasteiger partial charge in [-0.05, 0) is 37.6 Å². The highest BCUT2D eigenvalue weighted by atomic mass is 16.6. The summed E-state index contributed by atoms with van der Waals surface area (Å²) in [7, 11) is 0. The number of fused-ring (bicyclic) bond motifs is 1. The van der Waals surface area contributed by atoms with E-state index in [1.54, 1.807) is 25.1 Å². The second-order valence-electron chi connectivity index (χ2n) is 5.97. The molecular weight excluding hydrogens is 338 g/mol. The van der Waals surface area contributed by atoms with Crippen LogP contribution in [0.1, 0.15) is 33.2 Å². The topological polar surface area (TPSA) is 110 Å². The van der Waals surface area contributed by atoms with Crippen molar-refractivity contribution in [1.29, 1.82) is 0 Å². The Bertz CT molecular complexity index is 919. The van der Waals surface area contributed by atoms with Crippen molar-refractivity contribution in [2.45, 2.75) is 19.9 Å². The zero-order valence-electron chi connectivity index (χ0n) is 14.1. The van der Waals surface area contributed by atoms with E-state index in [1.807, 2.05) is 0 Å². The summed E-state index contributed by atoms with van der Waals surface area (Å²) in [6, 6.07) is 9.55. The van der Waals surface area contributed by atoms with Gasteiger partial charge in [0.1, 0.15) is 11.7 Å². The quantitative estimate of drug-likeness (QED) is 0.516. The van der Waals surface area contributed by atoms with Gasteiger partial charge >= 0.3 is 0 Å². The van der Waals surface area contributed by atoms with Crippen LogP contribution in [0, 0.1) is 17.0 Å². The van der Waals surface area contributed by atoms with E-state index in [4.69, 9.17) is 0 Å². The van der Waals surface area contributed by atoms with Gasteiger partial charge in [-0.1, -0.05) is 18.2 Å². The SMILES string of the molecule is Cc1ccc(NC(=O)[C@@H](C)N2C(=O)c3ccccc3C2=O)c([N+](=O)[O-])c1. The predicted molar refractivity (Wildman–Crippen MR) is 92.9 cm³/mol. The van der Waals surface area contributed by atoms with Gasteiger partial charge in [-0.15, -0.1) is 0 Å². The predicted octanol–water partition coefficient (Wildman–Crippen LogP) is 2.53. The molecule has 3 amide bonds. The van der Waals surface area contributed by atoms with Crippen LogP contribution >= 0.6 is 0 Å². The Hall–Kier alpha value is -3.55. The summed E-state index contributed by atoms with van der Waals surface area (Å²) in [6.45, 7) is 3.09. The highest BCUT2D eigenvalue weighted by Crippen LogP contribution is 2.28. The number of hydrogen-bond donors (Lipinski definition) is 1. The lowest BCUT2D eigenvalue weighted by atomic mass is 10.1. The molecule has 1 atom stereocenters. The molecule has 0 aromatic heterocycles. The zero-order valence-corrected chi connectivity index (χ0v) is 14.1. The number of benzene rings is 2. The van der Waals surface area contributed by atoms with Crippen LogP contribution in [-0.2, 0) is 4.79 Å². The Morgan fingerprint density at radius 1 is 1.12 bits per heavy atom. The molecule has 1 N–H and O–H groups in total. The molecule has 8 heteroatoms. The number of nitro benzene ring substituents is 1. The Kier molecular flexibility index (Phi) is 4.25. The van der Waals surface area contributed by atoms with Crippen molar-refractivity contribution >= 4 is 29.1 Å². The van der Waals surface area contributed by atoms with Crippen molar-refractivity contribution in [2.75, 3.05) is 5.32 Å². The summed E-state index contributed by atoms with van der Waals surface area (Å²) in [4.78, 5) is 48.8. The fraction of sp³-hybridized carbons (Fsp3) is 0.167. The molecule has 0 aliphatic carbocycles. The monoisotopic (exact) mass is 353 g/mol. The van der Waals surface area contributed by atoms with Gasteiger partial charge in [-0.25, -0.2) is 0 Å². The maximum atomic E-state index is 12.5. The number of amides is 3. The molecule has 0 saturated heterocycles. The molecule has 2 aromatic carbocycles. The third-order valence-electron chi connectivity index (χ3n) is 4.20. The van der Waals surface area contributed by atoms with E-state index in [2.05, 4.69) is 5.32 Å².